The number of rotatable bonds is 24. The fourth-order valence-electron chi connectivity index (χ4n) is 5.92. The van der Waals surface area contributed by atoms with Crippen molar-refractivity contribution in [1.82, 2.24) is 5.32 Å². The zero-order valence-electron chi connectivity index (χ0n) is 28.7. The molecule has 2 rings (SSSR count). The lowest BCUT2D eigenvalue weighted by Gasteiger charge is -2.46. The zero-order valence-corrected chi connectivity index (χ0v) is 28.7. The molecule has 2 heterocycles. The average Bonchev–Trinajstić information content (AvgIpc) is 3.07. The number of hydrogen-bond acceptors (Lipinski definition) is 13. The second kappa shape index (κ2) is 24.0. The van der Waals surface area contributed by atoms with Crippen molar-refractivity contribution >= 4 is 5.91 Å². The van der Waals surface area contributed by atoms with E-state index in [1.165, 1.54) is 57.8 Å². The van der Waals surface area contributed by atoms with Crippen LogP contribution in [0.2, 0.25) is 0 Å². The maximum atomic E-state index is 12.4. The van der Waals surface area contributed by atoms with Crippen LogP contribution in [0.4, 0.5) is 0 Å². The van der Waals surface area contributed by atoms with E-state index in [4.69, 9.17) is 18.9 Å². The third kappa shape index (κ3) is 14.2. The molecule has 12 unspecified atom stereocenters. The SMILES string of the molecule is CCCCCCCCCCCCC/C=C/C(O)C(COC1OC(CO)C(OC2OC(CO)C(O)C(O)C2O)C(O)C1O)NC(=O)CCC. The van der Waals surface area contributed by atoms with E-state index in [0.29, 0.717) is 6.42 Å². The second-order valence-electron chi connectivity index (χ2n) is 13.0. The number of aliphatic hydroxyl groups excluding tert-OH is 8. The van der Waals surface area contributed by atoms with Crippen LogP contribution in [0.15, 0.2) is 12.2 Å². The molecule has 12 atom stereocenters. The van der Waals surface area contributed by atoms with Crippen LogP contribution >= 0.6 is 0 Å². The molecule has 2 fully saturated rings. The summed E-state index contributed by atoms with van der Waals surface area (Å²) in [5.41, 5.74) is 0. The summed E-state index contributed by atoms with van der Waals surface area (Å²) in [6, 6.07) is -0.902. The number of ether oxygens (including phenoxy) is 4. The lowest BCUT2D eigenvalue weighted by Crippen LogP contribution is -2.65. The number of carbonyl (C=O) groups is 1. The normalized spacial score (nSPS) is 32.4. The van der Waals surface area contributed by atoms with Gasteiger partial charge in [-0.25, -0.2) is 0 Å². The number of aliphatic hydroxyl groups is 8. The van der Waals surface area contributed by atoms with E-state index < -0.39 is 86.8 Å². The molecule has 0 radical (unpaired) electrons. The molecule has 0 saturated carbocycles. The molecular formula is C34H63NO13. The van der Waals surface area contributed by atoms with Gasteiger partial charge in [-0.3, -0.25) is 4.79 Å². The van der Waals surface area contributed by atoms with E-state index in [-0.39, 0.29) is 18.9 Å². The maximum Gasteiger partial charge on any atom is 0.220 e. The number of unbranched alkanes of at least 4 members (excludes halogenated alkanes) is 11. The van der Waals surface area contributed by atoms with Gasteiger partial charge in [-0.15, -0.1) is 0 Å². The summed E-state index contributed by atoms with van der Waals surface area (Å²) in [6.07, 6.45) is 1.75. The van der Waals surface area contributed by atoms with Crippen LogP contribution in [0.3, 0.4) is 0 Å². The lowest BCUT2D eigenvalue weighted by atomic mass is 9.97. The van der Waals surface area contributed by atoms with Gasteiger partial charge >= 0.3 is 0 Å². The first-order valence-corrected chi connectivity index (χ1v) is 17.9. The fraction of sp³-hybridized carbons (Fsp3) is 0.912. The van der Waals surface area contributed by atoms with E-state index >= 15 is 0 Å². The summed E-state index contributed by atoms with van der Waals surface area (Å²) in [5.74, 6) is -0.296. The van der Waals surface area contributed by atoms with Gasteiger partial charge in [0.15, 0.2) is 12.6 Å². The first-order chi connectivity index (χ1) is 23.1. The molecule has 9 N–H and O–H groups in total. The Hall–Kier alpha value is -1.27. The molecule has 2 aliphatic rings. The van der Waals surface area contributed by atoms with Crippen LogP contribution in [0, 0.1) is 0 Å². The average molecular weight is 694 g/mol. The third-order valence-corrected chi connectivity index (χ3v) is 8.94. The Bertz CT molecular complexity index is 878. The van der Waals surface area contributed by atoms with E-state index in [9.17, 15) is 45.6 Å². The van der Waals surface area contributed by atoms with Crippen molar-refractivity contribution in [2.24, 2.45) is 0 Å². The minimum absolute atomic E-state index is 0.233. The summed E-state index contributed by atoms with van der Waals surface area (Å²) in [5, 5.41) is 85.1. The molecule has 0 aromatic rings. The molecule has 14 nitrogen and oxygen atoms in total. The first kappa shape index (κ1) is 42.9. The zero-order chi connectivity index (χ0) is 35.5. The summed E-state index contributed by atoms with van der Waals surface area (Å²) >= 11 is 0. The van der Waals surface area contributed by atoms with Crippen molar-refractivity contribution in [1.29, 1.82) is 0 Å². The quantitative estimate of drug-likeness (QED) is 0.0497. The Morgan fingerprint density at radius 2 is 1.29 bits per heavy atom. The van der Waals surface area contributed by atoms with Crippen LogP contribution in [-0.2, 0) is 23.7 Å². The molecule has 1 amide bonds. The van der Waals surface area contributed by atoms with Crippen molar-refractivity contribution in [2.45, 2.75) is 177 Å². The highest BCUT2D eigenvalue weighted by Gasteiger charge is 2.50. The Labute approximate surface area is 285 Å². The van der Waals surface area contributed by atoms with Gasteiger partial charge in [0.1, 0.15) is 48.8 Å². The standard InChI is InChI=1S/C34H63NO13/c1-3-5-6-7-8-9-10-11-12-13-14-15-16-18-23(38)22(35-26(39)17-4-2)21-45-33-31(44)29(42)32(25(20-37)47-33)48-34-30(43)28(41)27(40)24(19-36)46-34/h16,18,22-25,27-34,36-38,40-44H,3-15,17,19-21H2,1-2H3,(H,35,39)/b18-16+. The van der Waals surface area contributed by atoms with Crippen molar-refractivity contribution in [3.63, 3.8) is 0 Å². The molecule has 48 heavy (non-hydrogen) atoms. The molecule has 0 aromatic heterocycles. The second-order valence-corrected chi connectivity index (χ2v) is 13.0. The number of hydrogen-bond donors (Lipinski definition) is 9. The summed E-state index contributed by atoms with van der Waals surface area (Å²) in [7, 11) is 0. The lowest BCUT2D eigenvalue weighted by molar-refractivity contribution is -0.359. The van der Waals surface area contributed by atoms with Gasteiger partial charge in [-0.05, 0) is 19.3 Å². The van der Waals surface area contributed by atoms with Gasteiger partial charge in [0.05, 0.1) is 32.0 Å². The number of carbonyl (C=O) groups excluding carboxylic acids is 1. The van der Waals surface area contributed by atoms with E-state index in [1.807, 2.05) is 13.0 Å². The highest BCUT2D eigenvalue weighted by molar-refractivity contribution is 5.76. The predicted octanol–water partition coefficient (Wildman–Crippen LogP) is 0.530. The van der Waals surface area contributed by atoms with Gasteiger partial charge in [0, 0.05) is 6.42 Å². The van der Waals surface area contributed by atoms with Gasteiger partial charge in [0.25, 0.3) is 0 Å². The van der Waals surface area contributed by atoms with Crippen LogP contribution in [0.5, 0.6) is 0 Å². The summed E-state index contributed by atoms with van der Waals surface area (Å²) in [6.45, 7) is 2.35. The summed E-state index contributed by atoms with van der Waals surface area (Å²) < 4.78 is 22.3. The van der Waals surface area contributed by atoms with E-state index in [2.05, 4.69) is 12.2 Å². The Morgan fingerprint density at radius 1 is 0.729 bits per heavy atom. The predicted molar refractivity (Wildman–Crippen MR) is 175 cm³/mol. The minimum Gasteiger partial charge on any atom is -0.394 e. The monoisotopic (exact) mass is 693 g/mol. The minimum atomic E-state index is -1.78. The largest absolute Gasteiger partial charge is 0.394 e. The Kier molecular flexibility index (Phi) is 21.5. The van der Waals surface area contributed by atoms with Crippen molar-refractivity contribution in [3.05, 3.63) is 12.2 Å². The van der Waals surface area contributed by atoms with Crippen molar-refractivity contribution in [2.75, 3.05) is 19.8 Å². The van der Waals surface area contributed by atoms with Gasteiger partial charge in [-0.1, -0.05) is 90.2 Å². The van der Waals surface area contributed by atoms with E-state index in [0.717, 1.165) is 19.3 Å². The summed E-state index contributed by atoms with van der Waals surface area (Å²) in [4.78, 5) is 12.4. The van der Waals surface area contributed by atoms with Crippen LogP contribution < -0.4 is 5.32 Å². The number of allylic oxidation sites excluding steroid dienone is 1. The fourth-order valence-corrected chi connectivity index (χ4v) is 5.92. The maximum absolute atomic E-state index is 12.4. The molecule has 0 bridgehead atoms. The Balaban J connectivity index is 1.88. The number of nitrogens with one attached hydrogen (secondary N) is 1. The number of amides is 1. The smallest absolute Gasteiger partial charge is 0.220 e. The van der Waals surface area contributed by atoms with Crippen LogP contribution in [-0.4, -0.2) is 140 Å². The molecule has 2 saturated heterocycles. The van der Waals surface area contributed by atoms with E-state index in [1.54, 1.807) is 6.08 Å². The molecular weight excluding hydrogens is 630 g/mol. The third-order valence-electron chi connectivity index (χ3n) is 8.94. The molecule has 0 spiro atoms. The van der Waals surface area contributed by atoms with Crippen molar-refractivity contribution < 1.29 is 64.6 Å². The topological polar surface area (TPSA) is 228 Å². The van der Waals surface area contributed by atoms with Gasteiger partial charge < -0.3 is 65.1 Å². The molecule has 282 valence electrons. The highest BCUT2D eigenvalue weighted by Crippen LogP contribution is 2.29. The Morgan fingerprint density at radius 3 is 1.88 bits per heavy atom. The van der Waals surface area contributed by atoms with Crippen molar-refractivity contribution in [3.8, 4) is 0 Å². The first-order valence-electron chi connectivity index (χ1n) is 17.9. The molecule has 0 aromatic carbocycles. The highest BCUT2D eigenvalue weighted by atomic mass is 16.7. The van der Waals surface area contributed by atoms with Gasteiger partial charge in [0.2, 0.25) is 5.91 Å². The molecule has 0 aliphatic carbocycles. The molecule has 2 aliphatic heterocycles. The molecule has 14 heteroatoms. The van der Waals surface area contributed by atoms with Gasteiger partial charge in [-0.2, -0.15) is 0 Å². The van der Waals surface area contributed by atoms with Crippen LogP contribution in [0.1, 0.15) is 104 Å². The van der Waals surface area contributed by atoms with Crippen LogP contribution in [0.25, 0.3) is 0 Å².